The highest BCUT2D eigenvalue weighted by atomic mass is 15.0. The zero-order valence-electron chi connectivity index (χ0n) is 22.8. The number of rotatable bonds is 11. The first-order chi connectivity index (χ1) is 17.0. The monoisotopic (exact) mass is 472 g/mol. The summed E-state index contributed by atoms with van der Waals surface area (Å²) in [6.07, 6.45) is 21.9. The molecule has 2 N–H and O–H groups in total. The maximum absolute atomic E-state index is 3.63. The number of aryl methyl sites for hydroxylation is 1. The fourth-order valence-corrected chi connectivity index (χ4v) is 5.16. The number of fused-ring (bicyclic) bond motifs is 2. The highest BCUT2D eigenvalue weighted by Crippen LogP contribution is 2.34. The molecule has 2 aliphatic heterocycles. The van der Waals surface area contributed by atoms with E-state index in [0.717, 1.165) is 6.54 Å². The van der Waals surface area contributed by atoms with Crippen LogP contribution in [0.2, 0.25) is 0 Å². The summed E-state index contributed by atoms with van der Waals surface area (Å²) in [4.78, 5) is 0. The Morgan fingerprint density at radius 2 is 1.49 bits per heavy atom. The molecule has 2 aromatic rings. The van der Waals surface area contributed by atoms with Crippen molar-refractivity contribution in [3.8, 4) is 0 Å². The summed E-state index contributed by atoms with van der Waals surface area (Å²) in [7, 11) is 0. The molecule has 0 atom stereocenters. The molecule has 35 heavy (non-hydrogen) atoms. The number of benzene rings is 2. The van der Waals surface area contributed by atoms with Crippen molar-refractivity contribution >= 4 is 23.0 Å². The molecule has 0 saturated carbocycles. The summed E-state index contributed by atoms with van der Waals surface area (Å²) in [6, 6.07) is 15.3. The van der Waals surface area contributed by atoms with Crippen LogP contribution in [0.3, 0.4) is 0 Å². The first kappa shape index (κ1) is 27.1. The maximum Gasteiger partial charge on any atom is 0.0505 e. The van der Waals surface area contributed by atoms with Crippen molar-refractivity contribution in [1.29, 1.82) is 0 Å². The van der Waals surface area contributed by atoms with E-state index in [2.05, 4.69) is 93.0 Å². The third-order valence-corrected chi connectivity index (χ3v) is 7.03. The normalized spacial score (nSPS) is 15.0. The third kappa shape index (κ3) is 9.24. The average molecular weight is 473 g/mol. The zero-order valence-corrected chi connectivity index (χ0v) is 22.8. The van der Waals surface area contributed by atoms with Gasteiger partial charge in [0.15, 0.2) is 0 Å². The van der Waals surface area contributed by atoms with E-state index in [1.807, 2.05) is 6.07 Å². The Balaban J connectivity index is 0.000000281. The molecule has 0 saturated heterocycles. The second kappa shape index (κ2) is 14.2. The van der Waals surface area contributed by atoms with Gasteiger partial charge in [-0.25, -0.2) is 0 Å². The fourth-order valence-electron chi connectivity index (χ4n) is 5.16. The number of hydrogen-bond donors (Lipinski definition) is 2. The van der Waals surface area contributed by atoms with Gasteiger partial charge < -0.3 is 10.6 Å². The first-order valence-corrected chi connectivity index (χ1v) is 14.1. The predicted molar refractivity (Wildman–Crippen MR) is 157 cm³/mol. The summed E-state index contributed by atoms with van der Waals surface area (Å²) < 4.78 is 0. The van der Waals surface area contributed by atoms with Gasteiger partial charge in [0.2, 0.25) is 0 Å². The number of anilines is 2. The van der Waals surface area contributed by atoms with Gasteiger partial charge in [-0.05, 0) is 68.5 Å². The molecule has 2 heteroatoms. The van der Waals surface area contributed by atoms with Crippen LogP contribution in [0.25, 0.3) is 11.6 Å². The van der Waals surface area contributed by atoms with Crippen LogP contribution in [0, 0.1) is 0 Å². The van der Waals surface area contributed by atoms with Gasteiger partial charge in [0.05, 0.1) is 5.54 Å². The molecule has 0 spiro atoms. The molecule has 0 fully saturated rings. The quantitative estimate of drug-likeness (QED) is 0.318. The minimum absolute atomic E-state index is 0.0646. The Bertz CT molecular complexity index is 967. The van der Waals surface area contributed by atoms with Gasteiger partial charge in [-0.2, -0.15) is 0 Å². The molecule has 2 heterocycles. The molecule has 0 radical (unpaired) electrons. The van der Waals surface area contributed by atoms with Gasteiger partial charge >= 0.3 is 0 Å². The Morgan fingerprint density at radius 3 is 2.20 bits per heavy atom. The lowest BCUT2D eigenvalue weighted by Gasteiger charge is -2.31. The molecule has 0 bridgehead atoms. The Hall–Kier alpha value is -2.48. The lowest BCUT2D eigenvalue weighted by Crippen LogP contribution is -2.31. The molecule has 2 nitrogen and oxygen atoms in total. The first-order valence-electron chi connectivity index (χ1n) is 14.1. The van der Waals surface area contributed by atoms with E-state index in [9.17, 15) is 0 Å². The summed E-state index contributed by atoms with van der Waals surface area (Å²) in [6.45, 7) is 9.95. The van der Waals surface area contributed by atoms with E-state index in [-0.39, 0.29) is 5.54 Å². The van der Waals surface area contributed by atoms with Crippen LogP contribution < -0.4 is 10.6 Å². The van der Waals surface area contributed by atoms with Crippen molar-refractivity contribution in [2.24, 2.45) is 0 Å². The summed E-state index contributed by atoms with van der Waals surface area (Å²) in [5.74, 6) is 0. The minimum atomic E-state index is 0.0646. The molecule has 0 aromatic heterocycles. The summed E-state index contributed by atoms with van der Waals surface area (Å²) in [5, 5.41) is 6.90. The molecular weight excluding hydrogens is 424 g/mol. The van der Waals surface area contributed by atoms with E-state index in [1.165, 1.54) is 104 Å². The van der Waals surface area contributed by atoms with Gasteiger partial charge in [-0.3, -0.25) is 0 Å². The predicted octanol–water partition coefficient (Wildman–Crippen LogP) is 9.88. The summed E-state index contributed by atoms with van der Waals surface area (Å²) in [5.41, 5.74) is 8.17. The molecular formula is C33H48N2. The Kier molecular flexibility index (Phi) is 11.0. The number of nitrogens with one attached hydrogen (secondary N) is 2. The topological polar surface area (TPSA) is 24.1 Å². The van der Waals surface area contributed by atoms with Crippen LogP contribution in [0.1, 0.15) is 109 Å². The third-order valence-electron chi connectivity index (χ3n) is 7.03. The maximum atomic E-state index is 3.63. The van der Waals surface area contributed by atoms with Crippen molar-refractivity contribution in [2.75, 3.05) is 17.2 Å². The van der Waals surface area contributed by atoms with Gasteiger partial charge in [0.1, 0.15) is 0 Å². The fraction of sp³-hybridized carbons (Fsp3) is 0.515. The van der Waals surface area contributed by atoms with Crippen LogP contribution in [-0.2, 0) is 6.42 Å². The molecule has 2 aromatic carbocycles. The molecule has 0 aliphatic carbocycles. The Labute approximate surface area is 215 Å². The standard InChI is InChI=1S/C24H39N.C9H9N/c1-5-6-7-8-9-10-11-12-13-14-15-21-16-17-23-22(18-21)20(2)19-24(3,4)25-23;1-2-6-9-8(4-1)5-3-7-10-9/h16-19,25H,5-15H2,1-4H3;1-6,10H,7H2. The van der Waals surface area contributed by atoms with Crippen LogP contribution in [0.4, 0.5) is 11.4 Å². The van der Waals surface area contributed by atoms with Crippen LogP contribution in [0.5, 0.6) is 0 Å². The molecule has 4 rings (SSSR count). The SMILES string of the molecule is C1=Cc2ccccc2NC1.CCCCCCCCCCCCc1ccc2c(c1)C(C)=CC(C)(C)N2. The van der Waals surface area contributed by atoms with Gasteiger partial charge in [-0.1, -0.05) is 107 Å². The number of allylic oxidation sites excluding steroid dienone is 1. The van der Waals surface area contributed by atoms with Crippen molar-refractivity contribution < 1.29 is 0 Å². The van der Waals surface area contributed by atoms with Gasteiger partial charge in [-0.15, -0.1) is 0 Å². The second-order valence-corrected chi connectivity index (χ2v) is 10.9. The zero-order chi connectivity index (χ0) is 24.9. The number of para-hydroxylation sites is 1. The van der Waals surface area contributed by atoms with Crippen LogP contribution in [0.15, 0.2) is 54.6 Å². The van der Waals surface area contributed by atoms with Crippen LogP contribution >= 0.6 is 0 Å². The van der Waals surface area contributed by atoms with E-state index >= 15 is 0 Å². The largest absolute Gasteiger partial charge is 0.381 e. The average Bonchev–Trinajstić information content (AvgIpc) is 2.85. The lowest BCUT2D eigenvalue weighted by molar-refractivity contribution is 0.556. The van der Waals surface area contributed by atoms with Gasteiger partial charge in [0.25, 0.3) is 0 Å². The number of unbranched alkanes of at least 4 members (excludes halogenated alkanes) is 9. The molecule has 0 amide bonds. The van der Waals surface area contributed by atoms with E-state index in [4.69, 9.17) is 0 Å². The van der Waals surface area contributed by atoms with Crippen molar-refractivity contribution in [3.05, 3.63) is 71.3 Å². The molecule has 2 aliphatic rings. The highest BCUT2D eigenvalue weighted by molar-refractivity contribution is 5.80. The smallest absolute Gasteiger partial charge is 0.0505 e. The van der Waals surface area contributed by atoms with E-state index in [1.54, 1.807) is 0 Å². The number of hydrogen-bond acceptors (Lipinski definition) is 2. The Morgan fingerprint density at radius 1 is 0.800 bits per heavy atom. The van der Waals surface area contributed by atoms with E-state index in [0.29, 0.717) is 0 Å². The minimum Gasteiger partial charge on any atom is -0.381 e. The summed E-state index contributed by atoms with van der Waals surface area (Å²) >= 11 is 0. The van der Waals surface area contributed by atoms with Crippen molar-refractivity contribution in [2.45, 2.75) is 104 Å². The van der Waals surface area contributed by atoms with Crippen molar-refractivity contribution in [3.63, 3.8) is 0 Å². The molecule has 190 valence electrons. The second-order valence-electron chi connectivity index (χ2n) is 10.9. The van der Waals surface area contributed by atoms with Gasteiger partial charge in [0, 0.05) is 23.5 Å². The highest BCUT2D eigenvalue weighted by Gasteiger charge is 2.22. The lowest BCUT2D eigenvalue weighted by atomic mass is 9.90. The molecule has 0 unspecified atom stereocenters. The van der Waals surface area contributed by atoms with Crippen molar-refractivity contribution in [1.82, 2.24) is 0 Å². The van der Waals surface area contributed by atoms with Crippen LogP contribution in [-0.4, -0.2) is 12.1 Å². The van der Waals surface area contributed by atoms with E-state index < -0.39 is 0 Å².